The lowest BCUT2D eigenvalue weighted by Crippen LogP contribution is -2.06. The SMILES string of the molecule is N#Cc1ccc(SC2CCCc3ccccc32)cc1. The number of fused-ring (bicyclic) bond motifs is 1. The van der Waals surface area contributed by atoms with Crippen LogP contribution in [0.3, 0.4) is 0 Å². The first kappa shape index (κ1) is 12.3. The normalized spacial score (nSPS) is 17.5. The minimum absolute atomic E-state index is 0.554. The molecule has 0 bridgehead atoms. The molecule has 0 aliphatic heterocycles. The fourth-order valence-electron chi connectivity index (χ4n) is 2.60. The highest BCUT2D eigenvalue weighted by molar-refractivity contribution is 7.99. The molecule has 94 valence electrons. The maximum Gasteiger partial charge on any atom is 0.0991 e. The van der Waals surface area contributed by atoms with Crippen molar-refractivity contribution in [2.45, 2.75) is 29.4 Å². The third-order valence-electron chi connectivity index (χ3n) is 3.58. The van der Waals surface area contributed by atoms with E-state index in [1.54, 1.807) is 0 Å². The lowest BCUT2D eigenvalue weighted by Gasteiger charge is -2.25. The van der Waals surface area contributed by atoms with Gasteiger partial charge in [0.1, 0.15) is 0 Å². The number of aryl methyl sites for hydroxylation is 1. The Morgan fingerprint density at radius 2 is 1.84 bits per heavy atom. The zero-order chi connectivity index (χ0) is 13.1. The third kappa shape index (κ3) is 2.67. The molecule has 1 unspecified atom stereocenters. The molecule has 2 heteroatoms. The van der Waals surface area contributed by atoms with E-state index in [1.165, 1.54) is 35.3 Å². The van der Waals surface area contributed by atoms with Gasteiger partial charge in [-0.05, 0) is 54.7 Å². The highest BCUT2D eigenvalue weighted by Crippen LogP contribution is 2.43. The first-order valence-electron chi connectivity index (χ1n) is 6.61. The Morgan fingerprint density at radius 3 is 2.63 bits per heavy atom. The lowest BCUT2D eigenvalue weighted by atomic mass is 9.91. The van der Waals surface area contributed by atoms with Crippen LogP contribution in [0.25, 0.3) is 0 Å². The molecule has 0 amide bonds. The summed E-state index contributed by atoms with van der Waals surface area (Å²) in [5.74, 6) is 0. The fraction of sp³-hybridized carbons (Fsp3) is 0.235. The van der Waals surface area contributed by atoms with Crippen LogP contribution in [0.2, 0.25) is 0 Å². The molecule has 2 aromatic rings. The molecule has 0 saturated carbocycles. The summed E-state index contributed by atoms with van der Waals surface area (Å²) >= 11 is 1.92. The smallest absolute Gasteiger partial charge is 0.0991 e. The Bertz CT molecular complexity index is 610. The standard InChI is InChI=1S/C17H15NS/c18-12-13-8-10-15(11-9-13)19-17-7-3-5-14-4-1-2-6-16(14)17/h1-2,4,6,8-11,17H,3,5,7H2. The van der Waals surface area contributed by atoms with Crippen LogP contribution in [0.1, 0.15) is 34.8 Å². The van der Waals surface area contributed by atoms with E-state index in [1.807, 2.05) is 23.9 Å². The summed E-state index contributed by atoms with van der Waals surface area (Å²) in [5.41, 5.74) is 3.72. The molecular weight excluding hydrogens is 250 g/mol. The average molecular weight is 265 g/mol. The lowest BCUT2D eigenvalue weighted by molar-refractivity contribution is 0.674. The van der Waals surface area contributed by atoms with Crippen LogP contribution in [-0.4, -0.2) is 0 Å². The summed E-state index contributed by atoms with van der Waals surface area (Å²) in [6.07, 6.45) is 3.72. The third-order valence-corrected chi connectivity index (χ3v) is 4.89. The predicted octanol–water partition coefficient (Wildman–Crippen LogP) is 4.73. The van der Waals surface area contributed by atoms with E-state index in [2.05, 4.69) is 42.5 Å². The molecule has 0 heterocycles. The van der Waals surface area contributed by atoms with E-state index in [4.69, 9.17) is 5.26 Å². The Kier molecular flexibility index (Phi) is 3.57. The van der Waals surface area contributed by atoms with Crippen molar-refractivity contribution >= 4 is 11.8 Å². The number of hydrogen-bond donors (Lipinski definition) is 0. The van der Waals surface area contributed by atoms with E-state index in [-0.39, 0.29) is 0 Å². The molecule has 0 spiro atoms. The summed E-state index contributed by atoms with van der Waals surface area (Å²) in [6.45, 7) is 0. The molecule has 3 rings (SSSR count). The highest BCUT2D eigenvalue weighted by atomic mass is 32.2. The number of benzene rings is 2. The minimum Gasteiger partial charge on any atom is -0.192 e. The Labute approximate surface area is 118 Å². The average Bonchev–Trinajstić information content (AvgIpc) is 2.48. The highest BCUT2D eigenvalue weighted by Gasteiger charge is 2.20. The number of rotatable bonds is 2. The summed E-state index contributed by atoms with van der Waals surface area (Å²) in [4.78, 5) is 1.25. The van der Waals surface area contributed by atoms with Crippen LogP contribution >= 0.6 is 11.8 Å². The van der Waals surface area contributed by atoms with Crippen molar-refractivity contribution in [1.29, 1.82) is 5.26 Å². The van der Waals surface area contributed by atoms with Gasteiger partial charge in [0, 0.05) is 10.1 Å². The van der Waals surface area contributed by atoms with E-state index in [9.17, 15) is 0 Å². The van der Waals surface area contributed by atoms with Gasteiger partial charge in [0.15, 0.2) is 0 Å². The number of thioether (sulfide) groups is 1. The van der Waals surface area contributed by atoms with Gasteiger partial charge in [-0.25, -0.2) is 0 Å². The number of hydrogen-bond acceptors (Lipinski definition) is 2. The molecule has 1 atom stereocenters. The summed E-state index contributed by atoms with van der Waals surface area (Å²) in [6, 6.07) is 18.9. The largest absolute Gasteiger partial charge is 0.192 e. The second-order valence-electron chi connectivity index (χ2n) is 4.83. The number of nitriles is 1. The van der Waals surface area contributed by atoms with Gasteiger partial charge in [0.2, 0.25) is 0 Å². The summed E-state index contributed by atoms with van der Waals surface area (Å²) in [5, 5.41) is 9.38. The van der Waals surface area contributed by atoms with Crippen molar-refractivity contribution in [2.24, 2.45) is 0 Å². The van der Waals surface area contributed by atoms with Crippen molar-refractivity contribution in [3.05, 3.63) is 65.2 Å². The Balaban J connectivity index is 1.82. The molecule has 0 N–H and O–H groups in total. The fourth-order valence-corrected chi connectivity index (χ4v) is 3.87. The van der Waals surface area contributed by atoms with Crippen molar-refractivity contribution in [3.8, 4) is 6.07 Å². The number of nitrogens with zero attached hydrogens (tertiary/aromatic N) is 1. The Morgan fingerprint density at radius 1 is 1.05 bits per heavy atom. The molecule has 1 aliphatic carbocycles. The first-order valence-corrected chi connectivity index (χ1v) is 7.49. The molecule has 0 aromatic heterocycles. The quantitative estimate of drug-likeness (QED) is 0.784. The molecule has 0 radical (unpaired) electrons. The van der Waals surface area contributed by atoms with Crippen LogP contribution in [-0.2, 0) is 6.42 Å². The topological polar surface area (TPSA) is 23.8 Å². The van der Waals surface area contributed by atoms with Crippen LogP contribution < -0.4 is 0 Å². The van der Waals surface area contributed by atoms with Crippen molar-refractivity contribution in [3.63, 3.8) is 0 Å². The van der Waals surface area contributed by atoms with Crippen LogP contribution in [0, 0.1) is 11.3 Å². The van der Waals surface area contributed by atoms with E-state index < -0.39 is 0 Å². The molecule has 1 nitrogen and oxygen atoms in total. The first-order chi connectivity index (χ1) is 9.36. The summed E-state index contributed by atoms with van der Waals surface area (Å²) < 4.78 is 0. The van der Waals surface area contributed by atoms with Gasteiger partial charge < -0.3 is 0 Å². The van der Waals surface area contributed by atoms with E-state index >= 15 is 0 Å². The van der Waals surface area contributed by atoms with Gasteiger partial charge in [-0.15, -0.1) is 11.8 Å². The van der Waals surface area contributed by atoms with Crippen molar-refractivity contribution in [2.75, 3.05) is 0 Å². The van der Waals surface area contributed by atoms with Crippen molar-refractivity contribution in [1.82, 2.24) is 0 Å². The molecule has 19 heavy (non-hydrogen) atoms. The Hall–Kier alpha value is -1.72. The van der Waals surface area contributed by atoms with Crippen LogP contribution in [0.5, 0.6) is 0 Å². The maximum atomic E-state index is 8.82. The zero-order valence-corrected chi connectivity index (χ0v) is 11.5. The predicted molar refractivity (Wildman–Crippen MR) is 79.1 cm³/mol. The van der Waals surface area contributed by atoms with E-state index in [0.717, 1.165) is 5.56 Å². The molecule has 1 aliphatic rings. The second kappa shape index (κ2) is 5.50. The monoisotopic (exact) mass is 265 g/mol. The molecule has 0 fully saturated rings. The van der Waals surface area contributed by atoms with Gasteiger partial charge in [0.25, 0.3) is 0 Å². The van der Waals surface area contributed by atoms with Gasteiger partial charge in [-0.1, -0.05) is 24.3 Å². The van der Waals surface area contributed by atoms with Gasteiger partial charge >= 0.3 is 0 Å². The van der Waals surface area contributed by atoms with Gasteiger partial charge in [-0.3, -0.25) is 0 Å². The zero-order valence-electron chi connectivity index (χ0n) is 10.7. The van der Waals surface area contributed by atoms with E-state index in [0.29, 0.717) is 5.25 Å². The van der Waals surface area contributed by atoms with Crippen molar-refractivity contribution < 1.29 is 0 Å². The molecule has 2 aromatic carbocycles. The van der Waals surface area contributed by atoms with Gasteiger partial charge in [-0.2, -0.15) is 5.26 Å². The molecule has 0 saturated heterocycles. The second-order valence-corrected chi connectivity index (χ2v) is 6.11. The van der Waals surface area contributed by atoms with Crippen LogP contribution in [0.4, 0.5) is 0 Å². The molecular formula is C17H15NS. The summed E-state index contributed by atoms with van der Waals surface area (Å²) in [7, 11) is 0. The maximum absolute atomic E-state index is 8.82. The minimum atomic E-state index is 0.554. The van der Waals surface area contributed by atoms with Crippen LogP contribution in [0.15, 0.2) is 53.4 Å². The van der Waals surface area contributed by atoms with Gasteiger partial charge in [0.05, 0.1) is 11.6 Å².